The highest BCUT2D eigenvalue weighted by molar-refractivity contribution is 7.80. The van der Waals surface area contributed by atoms with Gasteiger partial charge in [-0.25, -0.2) is 0 Å². The Morgan fingerprint density at radius 2 is 1.75 bits per heavy atom. The largest absolute Gasteiger partial charge is 0.416 e. The monoisotopic (exact) mass is 407 g/mol. The molecule has 1 fully saturated rings. The zero-order valence-corrected chi connectivity index (χ0v) is 16.8. The SMILES string of the molecule is Cc1ccc(NC(=S)N2CCN(Cc3cccc(C(F)(F)F)c3)CC2)c(C)c1. The molecular weight excluding hydrogens is 383 g/mol. The van der Waals surface area contributed by atoms with Gasteiger partial charge in [-0.05, 0) is 49.3 Å². The summed E-state index contributed by atoms with van der Waals surface area (Å²) >= 11 is 5.55. The fraction of sp³-hybridized carbons (Fsp3) is 0.381. The lowest BCUT2D eigenvalue weighted by molar-refractivity contribution is -0.137. The molecule has 3 nitrogen and oxygen atoms in total. The number of hydrogen-bond acceptors (Lipinski definition) is 2. The minimum absolute atomic E-state index is 0.509. The van der Waals surface area contributed by atoms with Crippen molar-refractivity contribution in [3.8, 4) is 0 Å². The van der Waals surface area contributed by atoms with Gasteiger partial charge in [0, 0.05) is 38.4 Å². The van der Waals surface area contributed by atoms with Gasteiger partial charge in [0.2, 0.25) is 0 Å². The molecule has 150 valence electrons. The molecule has 3 rings (SSSR count). The van der Waals surface area contributed by atoms with Crippen molar-refractivity contribution in [3.05, 3.63) is 64.7 Å². The average molecular weight is 408 g/mol. The summed E-state index contributed by atoms with van der Waals surface area (Å²) in [5.41, 5.74) is 3.44. The summed E-state index contributed by atoms with van der Waals surface area (Å²) in [6.07, 6.45) is -4.30. The molecule has 0 saturated carbocycles. The van der Waals surface area contributed by atoms with Crippen LogP contribution in [-0.4, -0.2) is 41.1 Å². The van der Waals surface area contributed by atoms with E-state index in [1.165, 1.54) is 17.7 Å². The van der Waals surface area contributed by atoms with Crippen molar-refractivity contribution in [3.63, 3.8) is 0 Å². The fourth-order valence-electron chi connectivity index (χ4n) is 3.36. The van der Waals surface area contributed by atoms with Crippen LogP contribution in [0.4, 0.5) is 18.9 Å². The standard InChI is InChI=1S/C21H24F3N3S/c1-15-6-7-19(16(2)12-15)25-20(28)27-10-8-26(9-11-27)14-17-4-3-5-18(13-17)21(22,23)24/h3-7,12-13H,8-11,14H2,1-2H3,(H,25,28). The topological polar surface area (TPSA) is 18.5 Å². The van der Waals surface area contributed by atoms with Gasteiger partial charge in [0.25, 0.3) is 0 Å². The predicted molar refractivity (Wildman–Crippen MR) is 110 cm³/mol. The number of rotatable bonds is 3. The third-order valence-corrected chi connectivity index (χ3v) is 5.30. The number of hydrogen-bond donors (Lipinski definition) is 1. The van der Waals surface area contributed by atoms with Crippen LogP contribution in [0.15, 0.2) is 42.5 Å². The molecule has 0 radical (unpaired) electrons. The van der Waals surface area contributed by atoms with Crippen LogP contribution in [0.5, 0.6) is 0 Å². The van der Waals surface area contributed by atoms with Gasteiger partial charge in [0.1, 0.15) is 0 Å². The van der Waals surface area contributed by atoms with E-state index in [-0.39, 0.29) is 0 Å². The van der Waals surface area contributed by atoms with E-state index in [4.69, 9.17) is 12.2 Å². The van der Waals surface area contributed by atoms with Crippen LogP contribution >= 0.6 is 12.2 Å². The van der Waals surface area contributed by atoms with Crippen molar-refractivity contribution in [1.82, 2.24) is 9.80 Å². The van der Waals surface area contributed by atoms with E-state index in [0.29, 0.717) is 17.2 Å². The van der Waals surface area contributed by atoms with Gasteiger partial charge in [-0.1, -0.05) is 35.9 Å². The molecule has 1 aliphatic rings. The van der Waals surface area contributed by atoms with Gasteiger partial charge in [-0.15, -0.1) is 0 Å². The van der Waals surface area contributed by atoms with Crippen molar-refractivity contribution in [2.75, 3.05) is 31.5 Å². The van der Waals surface area contributed by atoms with Crippen LogP contribution in [0.1, 0.15) is 22.3 Å². The molecule has 0 aromatic heterocycles. The van der Waals surface area contributed by atoms with Crippen molar-refractivity contribution in [2.24, 2.45) is 0 Å². The first-order chi connectivity index (χ1) is 13.2. The maximum Gasteiger partial charge on any atom is 0.416 e. The molecule has 2 aromatic rings. The maximum absolute atomic E-state index is 12.9. The van der Waals surface area contributed by atoms with Crippen LogP contribution in [0.3, 0.4) is 0 Å². The number of halogens is 3. The Labute approximate surface area is 169 Å². The van der Waals surface area contributed by atoms with Gasteiger partial charge in [-0.2, -0.15) is 13.2 Å². The quantitative estimate of drug-likeness (QED) is 0.734. The molecular formula is C21H24F3N3S. The second-order valence-corrected chi connectivity index (χ2v) is 7.60. The summed E-state index contributed by atoms with van der Waals surface area (Å²) in [6, 6.07) is 11.7. The van der Waals surface area contributed by atoms with E-state index in [0.717, 1.165) is 43.5 Å². The molecule has 0 aliphatic carbocycles. The number of piperazine rings is 1. The number of aryl methyl sites for hydroxylation is 2. The van der Waals surface area contributed by atoms with E-state index in [1.54, 1.807) is 6.07 Å². The minimum atomic E-state index is -4.30. The molecule has 0 spiro atoms. The summed E-state index contributed by atoms with van der Waals surface area (Å²) in [6.45, 7) is 7.61. The molecule has 1 heterocycles. The highest BCUT2D eigenvalue weighted by Crippen LogP contribution is 2.29. The van der Waals surface area contributed by atoms with Crippen LogP contribution in [0.25, 0.3) is 0 Å². The fourth-order valence-corrected chi connectivity index (χ4v) is 3.65. The van der Waals surface area contributed by atoms with E-state index < -0.39 is 11.7 Å². The second kappa shape index (κ2) is 8.49. The van der Waals surface area contributed by atoms with E-state index in [1.807, 2.05) is 19.1 Å². The Kier molecular flexibility index (Phi) is 6.25. The van der Waals surface area contributed by atoms with Gasteiger partial charge in [0.15, 0.2) is 5.11 Å². The van der Waals surface area contributed by atoms with E-state index >= 15 is 0 Å². The zero-order chi connectivity index (χ0) is 20.3. The average Bonchev–Trinajstić information content (AvgIpc) is 2.64. The highest BCUT2D eigenvalue weighted by atomic mass is 32.1. The second-order valence-electron chi connectivity index (χ2n) is 7.21. The summed E-state index contributed by atoms with van der Waals surface area (Å²) in [4.78, 5) is 4.27. The third-order valence-electron chi connectivity index (χ3n) is 4.94. The van der Waals surface area contributed by atoms with Crippen molar-refractivity contribution in [1.29, 1.82) is 0 Å². The van der Waals surface area contributed by atoms with Crippen molar-refractivity contribution >= 4 is 23.0 Å². The zero-order valence-electron chi connectivity index (χ0n) is 16.0. The summed E-state index contributed by atoms with van der Waals surface area (Å²) in [7, 11) is 0. The molecule has 0 amide bonds. The van der Waals surface area contributed by atoms with Crippen LogP contribution < -0.4 is 5.32 Å². The lowest BCUT2D eigenvalue weighted by Gasteiger charge is -2.36. The Morgan fingerprint density at radius 3 is 2.39 bits per heavy atom. The molecule has 28 heavy (non-hydrogen) atoms. The Morgan fingerprint density at radius 1 is 1.04 bits per heavy atom. The van der Waals surface area contributed by atoms with Gasteiger partial charge in [-0.3, -0.25) is 4.90 Å². The number of alkyl halides is 3. The lowest BCUT2D eigenvalue weighted by Crippen LogP contribution is -2.49. The lowest BCUT2D eigenvalue weighted by atomic mass is 10.1. The van der Waals surface area contributed by atoms with Gasteiger partial charge < -0.3 is 10.2 Å². The summed E-state index contributed by atoms with van der Waals surface area (Å²) < 4.78 is 38.6. The number of anilines is 1. The molecule has 1 saturated heterocycles. The Hall–Kier alpha value is -2.12. The Bertz CT molecular complexity index is 843. The van der Waals surface area contributed by atoms with E-state index in [2.05, 4.69) is 28.1 Å². The molecule has 1 N–H and O–H groups in total. The van der Waals surface area contributed by atoms with E-state index in [9.17, 15) is 13.2 Å². The van der Waals surface area contributed by atoms with Crippen LogP contribution in [-0.2, 0) is 12.7 Å². The Balaban J connectivity index is 1.54. The molecule has 2 aromatic carbocycles. The number of nitrogens with zero attached hydrogens (tertiary/aromatic N) is 2. The van der Waals surface area contributed by atoms with Crippen LogP contribution in [0.2, 0.25) is 0 Å². The first-order valence-electron chi connectivity index (χ1n) is 9.24. The minimum Gasteiger partial charge on any atom is -0.346 e. The predicted octanol–water partition coefficient (Wildman–Crippen LogP) is 4.84. The summed E-state index contributed by atoms with van der Waals surface area (Å²) in [5, 5.41) is 4.00. The molecule has 7 heteroatoms. The van der Waals surface area contributed by atoms with Gasteiger partial charge >= 0.3 is 6.18 Å². The molecule has 0 unspecified atom stereocenters. The maximum atomic E-state index is 12.9. The number of thiocarbonyl (C=S) groups is 1. The highest BCUT2D eigenvalue weighted by Gasteiger charge is 2.30. The molecule has 1 aliphatic heterocycles. The first-order valence-corrected chi connectivity index (χ1v) is 9.65. The van der Waals surface area contributed by atoms with Crippen molar-refractivity contribution < 1.29 is 13.2 Å². The summed E-state index contributed by atoms with van der Waals surface area (Å²) in [5.74, 6) is 0. The third kappa shape index (κ3) is 5.23. The number of benzene rings is 2. The smallest absolute Gasteiger partial charge is 0.346 e. The normalized spacial score (nSPS) is 15.5. The molecule has 0 atom stereocenters. The van der Waals surface area contributed by atoms with Crippen LogP contribution in [0, 0.1) is 13.8 Å². The molecule has 0 bridgehead atoms. The van der Waals surface area contributed by atoms with Gasteiger partial charge in [0.05, 0.1) is 5.56 Å². The number of nitrogens with one attached hydrogen (secondary N) is 1. The first kappa shape index (κ1) is 20.6. The van der Waals surface area contributed by atoms with Crippen molar-refractivity contribution in [2.45, 2.75) is 26.6 Å².